The zero-order valence-corrected chi connectivity index (χ0v) is 17.0. The van der Waals surface area contributed by atoms with Gasteiger partial charge >= 0.3 is 5.97 Å². The number of ether oxygens (including phenoxy) is 1. The van der Waals surface area contributed by atoms with Crippen molar-refractivity contribution in [3.8, 4) is 6.07 Å². The lowest BCUT2D eigenvalue weighted by molar-refractivity contribution is -0.138. The molecule has 0 N–H and O–H groups in total. The van der Waals surface area contributed by atoms with E-state index >= 15 is 0 Å². The maximum absolute atomic E-state index is 12.4. The molecule has 2 aliphatic heterocycles. The van der Waals surface area contributed by atoms with Crippen LogP contribution in [0, 0.1) is 11.3 Å². The van der Waals surface area contributed by atoms with Gasteiger partial charge in [-0.2, -0.15) is 5.26 Å². The van der Waals surface area contributed by atoms with Crippen molar-refractivity contribution < 1.29 is 9.53 Å². The van der Waals surface area contributed by atoms with Crippen LogP contribution in [-0.2, 0) is 9.53 Å². The third-order valence-corrected chi connectivity index (χ3v) is 5.15. The third-order valence-electron chi connectivity index (χ3n) is 5.15. The molecule has 2 aliphatic rings. The van der Waals surface area contributed by atoms with Gasteiger partial charge < -0.3 is 14.5 Å². The fourth-order valence-electron chi connectivity index (χ4n) is 3.49. The molecular formula is C21H32N4O2. The van der Waals surface area contributed by atoms with Gasteiger partial charge in [-0.25, -0.2) is 9.79 Å². The molecule has 0 amide bonds. The Morgan fingerprint density at radius 3 is 2.44 bits per heavy atom. The quantitative estimate of drug-likeness (QED) is 0.428. The van der Waals surface area contributed by atoms with Crippen molar-refractivity contribution in [3.63, 3.8) is 0 Å². The van der Waals surface area contributed by atoms with E-state index in [2.05, 4.69) is 16.8 Å². The lowest BCUT2D eigenvalue weighted by atomic mass is 10.1. The normalized spacial score (nSPS) is 22.7. The van der Waals surface area contributed by atoms with Crippen LogP contribution in [0.4, 0.5) is 0 Å². The van der Waals surface area contributed by atoms with Gasteiger partial charge in [-0.05, 0) is 45.1 Å². The molecule has 27 heavy (non-hydrogen) atoms. The maximum atomic E-state index is 12.4. The molecule has 2 fully saturated rings. The fraction of sp³-hybridized carbons (Fsp3) is 0.667. The van der Waals surface area contributed by atoms with Gasteiger partial charge in [-0.3, -0.25) is 0 Å². The number of rotatable bonds is 4. The number of aliphatic imine (C=N–C) groups is 1. The Bertz CT molecular complexity index is 622. The average molecular weight is 373 g/mol. The van der Waals surface area contributed by atoms with Crippen LogP contribution in [0.2, 0.25) is 0 Å². The van der Waals surface area contributed by atoms with Gasteiger partial charge in [0.25, 0.3) is 0 Å². The number of hydrogen-bond acceptors (Lipinski definition) is 5. The monoisotopic (exact) mass is 372 g/mol. The number of likely N-dealkylation sites (tertiary alicyclic amines) is 2. The van der Waals surface area contributed by atoms with Crippen molar-refractivity contribution in [2.45, 2.75) is 58.3 Å². The number of amidine groups is 1. The molecule has 0 radical (unpaired) electrons. The SMILES string of the molecule is CCOC(=O)/C(C#N)=C(/C=C1/CCCCCN1C)N=C1CCCCCN1C. The Morgan fingerprint density at radius 2 is 1.78 bits per heavy atom. The Balaban J connectivity index is 2.50. The summed E-state index contributed by atoms with van der Waals surface area (Å²) < 4.78 is 5.11. The first-order valence-electron chi connectivity index (χ1n) is 10.1. The van der Waals surface area contributed by atoms with E-state index in [9.17, 15) is 10.1 Å². The van der Waals surface area contributed by atoms with Crippen molar-refractivity contribution in [2.75, 3.05) is 33.8 Å². The number of nitrogens with zero attached hydrogens (tertiary/aromatic N) is 4. The molecule has 0 spiro atoms. The van der Waals surface area contributed by atoms with Crippen molar-refractivity contribution in [1.82, 2.24) is 9.80 Å². The van der Waals surface area contributed by atoms with Crippen molar-refractivity contribution in [1.29, 1.82) is 5.26 Å². The molecule has 0 atom stereocenters. The predicted octanol–water partition coefficient (Wildman–Crippen LogP) is 3.62. The molecule has 6 nitrogen and oxygen atoms in total. The first-order chi connectivity index (χ1) is 13.1. The summed E-state index contributed by atoms with van der Waals surface area (Å²) in [5.41, 5.74) is 1.55. The van der Waals surface area contributed by atoms with E-state index in [0.717, 1.165) is 63.1 Å². The highest BCUT2D eigenvalue weighted by Crippen LogP contribution is 2.23. The highest BCUT2D eigenvalue weighted by Gasteiger charge is 2.20. The van der Waals surface area contributed by atoms with Gasteiger partial charge in [0.15, 0.2) is 5.57 Å². The summed E-state index contributed by atoms with van der Waals surface area (Å²) in [7, 11) is 4.10. The van der Waals surface area contributed by atoms with Gasteiger partial charge in [0.05, 0.1) is 12.3 Å². The van der Waals surface area contributed by atoms with Crippen LogP contribution in [0.3, 0.4) is 0 Å². The van der Waals surface area contributed by atoms with Crippen LogP contribution in [0.5, 0.6) is 0 Å². The maximum Gasteiger partial charge on any atom is 0.351 e. The second-order valence-electron chi connectivity index (χ2n) is 7.22. The molecule has 6 heteroatoms. The summed E-state index contributed by atoms with van der Waals surface area (Å²) in [6.45, 7) is 3.92. The Hall–Kier alpha value is -2.29. The van der Waals surface area contributed by atoms with Crippen LogP contribution in [0.1, 0.15) is 58.3 Å². The Labute approximate surface area is 163 Å². The highest BCUT2D eigenvalue weighted by atomic mass is 16.5. The largest absolute Gasteiger partial charge is 0.462 e. The van der Waals surface area contributed by atoms with E-state index < -0.39 is 5.97 Å². The highest BCUT2D eigenvalue weighted by molar-refractivity contribution is 5.95. The van der Waals surface area contributed by atoms with Crippen molar-refractivity contribution in [2.24, 2.45) is 4.99 Å². The molecule has 0 aromatic rings. The number of hydrogen-bond donors (Lipinski definition) is 0. The van der Waals surface area contributed by atoms with Gasteiger partial charge in [0.2, 0.25) is 0 Å². The molecule has 0 unspecified atom stereocenters. The van der Waals surface area contributed by atoms with E-state index in [1.54, 1.807) is 6.92 Å². The molecule has 0 aromatic carbocycles. The molecule has 0 aliphatic carbocycles. The Kier molecular flexibility index (Phi) is 8.38. The minimum Gasteiger partial charge on any atom is -0.462 e. The molecule has 0 bridgehead atoms. The minimum atomic E-state index is -0.594. The Morgan fingerprint density at radius 1 is 1.11 bits per heavy atom. The summed E-state index contributed by atoms with van der Waals surface area (Å²) >= 11 is 0. The van der Waals surface area contributed by atoms with E-state index in [4.69, 9.17) is 9.73 Å². The average Bonchev–Trinajstić information content (AvgIpc) is 2.97. The van der Waals surface area contributed by atoms with E-state index in [0.29, 0.717) is 5.70 Å². The number of carbonyl (C=O) groups is 1. The van der Waals surface area contributed by atoms with Crippen LogP contribution >= 0.6 is 0 Å². The van der Waals surface area contributed by atoms with E-state index in [1.807, 2.05) is 19.2 Å². The molecule has 2 saturated heterocycles. The van der Waals surface area contributed by atoms with Gasteiger partial charge in [0, 0.05) is 39.3 Å². The zero-order chi connectivity index (χ0) is 19.6. The van der Waals surface area contributed by atoms with Gasteiger partial charge in [0.1, 0.15) is 11.9 Å². The summed E-state index contributed by atoms with van der Waals surface area (Å²) in [5, 5.41) is 9.66. The van der Waals surface area contributed by atoms with Gasteiger partial charge in [-0.15, -0.1) is 0 Å². The molecular weight excluding hydrogens is 340 g/mol. The van der Waals surface area contributed by atoms with Crippen LogP contribution in [0.25, 0.3) is 0 Å². The zero-order valence-electron chi connectivity index (χ0n) is 17.0. The van der Waals surface area contributed by atoms with Gasteiger partial charge in [-0.1, -0.05) is 12.8 Å². The number of carbonyl (C=O) groups excluding carboxylic acids is 1. The van der Waals surface area contributed by atoms with Crippen LogP contribution in [0.15, 0.2) is 28.0 Å². The molecule has 0 aromatic heterocycles. The van der Waals surface area contributed by atoms with Crippen molar-refractivity contribution >= 4 is 11.8 Å². The fourth-order valence-corrected chi connectivity index (χ4v) is 3.49. The number of nitriles is 1. The van der Waals surface area contributed by atoms with E-state index in [1.165, 1.54) is 12.8 Å². The third kappa shape index (κ3) is 6.13. The summed E-state index contributed by atoms with van der Waals surface area (Å²) in [4.78, 5) is 21.5. The van der Waals surface area contributed by atoms with Crippen LogP contribution < -0.4 is 0 Å². The number of esters is 1. The standard InChI is InChI=1S/C21H32N4O2/c1-4-27-21(26)18(16-22)19(15-17-11-7-5-9-13-24(17)2)23-20-12-8-6-10-14-25(20)3/h15H,4-14H2,1-3H3/b17-15-,19-18-,23-20?. The summed E-state index contributed by atoms with van der Waals surface area (Å²) in [5.74, 6) is 0.344. The molecule has 148 valence electrons. The smallest absolute Gasteiger partial charge is 0.351 e. The topological polar surface area (TPSA) is 68.9 Å². The van der Waals surface area contributed by atoms with Crippen molar-refractivity contribution in [3.05, 3.63) is 23.0 Å². The molecule has 2 heterocycles. The first-order valence-corrected chi connectivity index (χ1v) is 10.1. The lowest BCUT2D eigenvalue weighted by Crippen LogP contribution is -2.26. The van der Waals surface area contributed by atoms with Crippen LogP contribution in [-0.4, -0.2) is 55.4 Å². The molecule has 0 saturated carbocycles. The minimum absolute atomic E-state index is 0.00727. The summed E-state index contributed by atoms with van der Waals surface area (Å²) in [6.07, 6.45) is 10.6. The first kappa shape index (κ1) is 21.0. The second kappa shape index (κ2) is 10.8. The second-order valence-corrected chi connectivity index (χ2v) is 7.22. The molecule has 2 rings (SSSR count). The van der Waals surface area contributed by atoms with E-state index in [-0.39, 0.29) is 12.2 Å². The lowest BCUT2D eigenvalue weighted by Gasteiger charge is -2.21. The predicted molar refractivity (Wildman–Crippen MR) is 107 cm³/mol. The number of allylic oxidation sites excluding steroid dienone is 2. The summed E-state index contributed by atoms with van der Waals surface area (Å²) in [6, 6.07) is 2.04.